The number of rotatable bonds is 23. The number of thioether (sulfide) groups is 1. The first kappa shape index (κ1) is 75.7. The second-order valence-electron chi connectivity index (χ2n) is 20.8. The van der Waals surface area contributed by atoms with Gasteiger partial charge in [-0.25, -0.2) is 28.0 Å². The number of nitrogens with zero attached hydrogens (tertiary/aromatic N) is 2. The summed E-state index contributed by atoms with van der Waals surface area (Å²) >= 11 is 27.0. The summed E-state index contributed by atoms with van der Waals surface area (Å²) in [6.45, 7) is -0.513. The zero-order chi connectivity index (χ0) is 60.6. The Morgan fingerprint density at radius 3 is 1.45 bits per heavy atom. The number of alkyl halides is 4. The number of ether oxygens (including phenoxy) is 5. The number of aromatic nitrogens is 2. The molecule has 488 valence electrons. The number of hydrogen-bond acceptors (Lipinski definition) is 15. The summed E-state index contributed by atoms with van der Waals surface area (Å²) < 4.78 is 101. The number of nitrogens with one attached hydrogen (secondary N) is 2. The Balaban J connectivity index is 0.000000313. The van der Waals surface area contributed by atoms with E-state index in [0.29, 0.717) is 98.2 Å². The molecule has 2 atom stereocenters. The molecule has 6 aromatic rings. The molecule has 4 aliphatic rings. The van der Waals surface area contributed by atoms with Crippen molar-refractivity contribution in [2.75, 3.05) is 62.4 Å². The van der Waals surface area contributed by atoms with Crippen LogP contribution in [0, 0.1) is 11.8 Å². The van der Waals surface area contributed by atoms with Crippen molar-refractivity contribution in [2.24, 2.45) is 11.8 Å². The van der Waals surface area contributed by atoms with Crippen LogP contribution in [-0.2, 0) is 40.5 Å². The summed E-state index contributed by atoms with van der Waals surface area (Å²) in [6, 6.07) is 22.9. The van der Waals surface area contributed by atoms with Crippen LogP contribution in [-0.4, -0.2) is 138 Å². The van der Waals surface area contributed by atoms with Gasteiger partial charge in [0.25, 0.3) is 0 Å². The second-order valence-corrected chi connectivity index (χ2v) is 25.9. The minimum atomic E-state index is -3.04. The number of pyridine rings is 2. The molecular formula is C60H70Cl4F4N4O15S2. The first-order chi connectivity index (χ1) is 40.7. The number of aliphatic hydroxyl groups is 1. The molecule has 4 heterocycles. The lowest BCUT2D eigenvalue weighted by Gasteiger charge is -2.26. The van der Waals surface area contributed by atoms with Gasteiger partial charge in [-0.15, -0.1) is 0 Å². The third-order valence-electron chi connectivity index (χ3n) is 14.2. The van der Waals surface area contributed by atoms with Crippen molar-refractivity contribution in [1.29, 1.82) is 0 Å². The molecule has 89 heavy (non-hydrogen) atoms. The predicted molar refractivity (Wildman–Crippen MR) is 327 cm³/mol. The van der Waals surface area contributed by atoms with E-state index in [-0.39, 0.29) is 69.3 Å². The molecule has 2 saturated heterocycles. The maximum absolute atomic E-state index is 13.4. The second kappa shape index (κ2) is 36.3. The third kappa shape index (κ3) is 24.1. The number of aromatic amines is 2. The maximum atomic E-state index is 13.4. The molecule has 0 bridgehead atoms. The lowest BCUT2D eigenvalue weighted by Crippen LogP contribution is -2.39. The van der Waals surface area contributed by atoms with Crippen LogP contribution in [0.25, 0.3) is 0 Å². The maximum Gasteiger partial charge on any atom is 0.387 e. The van der Waals surface area contributed by atoms with Crippen LogP contribution < -0.4 is 28.9 Å². The zero-order valence-electron chi connectivity index (χ0n) is 47.8. The van der Waals surface area contributed by atoms with Gasteiger partial charge in [-0.3, -0.25) is 9.80 Å². The van der Waals surface area contributed by atoms with Crippen LogP contribution in [0.1, 0.15) is 92.0 Å². The average molecular weight is 1370 g/mol. The van der Waals surface area contributed by atoms with Crippen molar-refractivity contribution in [3.63, 3.8) is 0 Å². The van der Waals surface area contributed by atoms with Gasteiger partial charge in [-0.2, -0.15) is 29.3 Å². The lowest BCUT2D eigenvalue weighted by atomic mass is 10.0. The van der Waals surface area contributed by atoms with E-state index in [0.717, 1.165) is 50.9 Å². The summed E-state index contributed by atoms with van der Waals surface area (Å²) in [5.74, 6) is 2.15. The topological polar surface area (TPSA) is 313 Å². The Bertz CT molecular complexity index is 3270. The van der Waals surface area contributed by atoms with E-state index in [1.807, 2.05) is 23.9 Å². The molecule has 10 rings (SSSR count). The highest BCUT2D eigenvalue weighted by Gasteiger charge is 2.29. The monoisotopic (exact) mass is 1370 g/mol. The highest BCUT2D eigenvalue weighted by Crippen LogP contribution is 2.40. The average Bonchev–Trinajstić information content (AvgIpc) is 4.55. The van der Waals surface area contributed by atoms with Gasteiger partial charge >= 0.3 is 25.2 Å². The summed E-state index contributed by atoms with van der Waals surface area (Å²) in [6.07, 6.45) is 8.83. The molecule has 0 unspecified atom stereocenters. The highest BCUT2D eigenvalue weighted by atomic mass is 35.5. The lowest BCUT2D eigenvalue weighted by molar-refractivity contribution is -0.378. The Morgan fingerprint density at radius 2 is 1.01 bits per heavy atom. The van der Waals surface area contributed by atoms with Crippen LogP contribution >= 0.6 is 58.2 Å². The quantitative estimate of drug-likeness (QED) is 0.0445. The van der Waals surface area contributed by atoms with Gasteiger partial charge < -0.3 is 55.8 Å². The van der Waals surface area contributed by atoms with Crippen molar-refractivity contribution in [1.82, 2.24) is 9.80 Å². The SMILES string of the molecule is O.O.O=C(O)c1ccc(CN2CCSCC2)cc1.O=C(O[C@@H](Cc1c(Cl)c[nH+]cc1Cl)c1ccc(OC(F)F)c(OCC2CC2)c1)c1ccc(CN2CCS(=O)(=O)CC2)cc1.O[C@@H](Cc1c(Cl)c[nH+]cc1Cl)c1ccc(OC(F)F)c(OCC2CC2)c1.[OH-].[OH-]. The molecule has 2 saturated carbocycles. The van der Waals surface area contributed by atoms with Crippen LogP contribution in [0.5, 0.6) is 23.0 Å². The summed E-state index contributed by atoms with van der Waals surface area (Å²) in [7, 11) is -2.97. The molecule has 4 fully saturated rings. The number of sulfone groups is 1. The number of carboxylic acid groups (broad SMARTS) is 1. The summed E-state index contributed by atoms with van der Waals surface area (Å²) in [5.41, 5.74) is 4.89. The molecule has 19 nitrogen and oxygen atoms in total. The van der Waals surface area contributed by atoms with Crippen molar-refractivity contribution < 1.29 is 101 Å². The molecule has 2 aliphatic heterocycles. The Hall–Kier alpha value is -5.78. The molecule has 4 aromatic carbocycles. The van der Waals surface area contributed by atoms with Crippen molar-refractivity contribution in [2.45, 2.75) is 77.0 Å². The zero-order valence-corrected chi connectivity index (χ0v) is 52.4. The normalized spacial score (nSPS) is 15.9. The Morgan fingerprint density at radius 1 is 0.596 bits per heavy atom. The highest BCUT2D eigenvalue weighted by molar-refractivity contribution is 7.99. The first-order valence-corrected chi connectivity index (χ1v) is 31.9. The number of esters is 1. The number of aliphatic hydroxyl groups excluding tert-OH is 1. The largest absolute Gasteiger partial charge is 0.870 e. The molecular weight excluding hydrogens is 1300 g/mol. The van der Waals surface area contributed by atoms with E-state index < -0.39 is 47.2 Å². The van der Waals surface area contributed by atoms with E-state index in [4.69, 9.17) is 65.7 Å². The smallest absolute Gasteiger partial charge is 0.387 e. The fourth-order valence-corrected chi connectivity index (χ4v) is 12.3. The van der Waals surface area contributed by atoms with E-state index in [9.17, 15) is 40.7 Å². The summed E-state index contributed by atoms with van der Waals surface area (Å²) in [4.78, 5) is 34.1. The fraction of sp³-hybridized carbons (Fsp3) is 0.400. The van der Waals surface area contributed by atoms with Crippen LogP contribution in [0.2, 0.25) is 20.1 Å². The molecule has 0 radical (unpaired) electrons. The first-order valence-electron chi connectivity index (χ1n) is 27.4. The number of carbonyl (C=O) groups is 2. The van der Waals surface area contributed by atoms with Crippen molar-refractivity contribution >= 4 is 79.9 Å². The number of benzene rings is 4. The molecule has 2 aromatic heterocycles. The molecule has 2 aliphatic carbocycles. The van der Waals surface area contributed by atoms with E-state index in [1.54, 1.807) is 67.3 Å². The minimum absolute atomic E-state index is 0. The Labute approximate surface area is 536 Å². The number of aromatic carboxylic acids is 1. The van der Waals surface area contributed by atoms with Gasteiger partial charge in [0.05, 0.1) is 42.0 Å². The van der Waals surface area contributed by atoms with Crippen molar-refractivity contribution in [3.8, 4) is 23.0 Å². The number of carboxylic acids is 1. The van der Waals surface area contributed by atoms with Gasteiger partial charge in [0.15, 0.2) is 57.6 Å². The van der Waals surface area contributed by atoms with Crippen LogP contribution in [0.15, 0.2) is 110 Å². The standard InChI is InChI=1S/C30H30Cl2F2N2O6S.C18H17Cl2F2NO3.C12H15NO2S.4H2O/c31-24-15-35-16-25(32)23(24)14-27(22-7-8-26(42-30(33)34)28(13-22)40-18-20-1-2-20)41-29(37)21-5-3-19(4-6-21)17-36-9-11-43(38,39)12-10-36;19-13-7-23-8-14(20)12(13)6-15(24)11-3-4-16(26-18(21)22)17(5-11)25-9-10-1-2-10;14-12(15)11-3-1-10(2-4-11)9-13-5-7-16-8-6-13;;;;/h3-8,13,15-16,20,27,30H,1-2,9-12,14,17-18H2;3-5,7-8,10,15,18,24H,1-2,6,9H2;1-4H,5-9H2,(H,14,15);4*1H2/t27-;15-;;;;;/m00...../s1. The molecule has 10 N–H and O–H groups in total. The van der Waals surface area contributed by atoms with Gasteiger partial charge in [0.2, 0.25) is 0 Å². The number of carbonyl (C=O) groups excluding carboxylic acids is 1. The number of H-pyrrole nitrogens is 2. The fourth-order valence-electron chi connectivity index (χ4n) is 9.00. The van der Waals surface area contributed by atoms with Gasteiger partial charge in [-0.1, -0.05) is 82.8 Å². The number of hydrogen-bond donors (Lipinski definition) is 2. The summed E-state index contributed by atoms with van der Waals surface area (Å²) in [5, 5.41) is 20.8. The molecule has 0 amide bonds. The molecule has 0 spiro atoms. The van der Waals surface area contributed by atoms with E-state index in [1.165, 1.54) is 47.4 Å². The molecule has 29 heteroatoms. The minimum Gasteiger partial charge on any atom is -0.870 e. The Kier molecular flexibility index (Phi) is 30.9. The number of halogens is 8. The van der Waals surface area contributed by atoms with Crippen LogP contribution in [0.3, 0.4) is 0 Å². The third-order valence-corrected chi connectivity index (χ3v) is 18.1. The van der Waals surface area contributed by atoms with Gasteiger partial charge in [-0.05, 0) is 108 Å². The van der Waals surface area contributed by atoms with Gasteiger partial charge in [0, 0.05) is 74.7 Å². The van der Waals surface area contributed by atoms with Gasteiger partial charge in [0.1, 0.15) is 26.2 Å². The van der Waals surface area contributed by atoms with E-state index >= 15 is 0 Å². The van der Waals surface area contributed by atoms with E-state index in [2.05, 4.69) is 29.2 Å². The van der Waals surface area contributed by atoms with Crippen molar-refractivity contribution in [3.05, 3.63) is 174 Å². The van der Waals surface area contributed by atoms with Crippen LogP contribution in [0.4, 0.5) is 17.6 Å². The predicted octanol–water partition coefficient (Wildman–Crippen LogP) is 9.97.